The fraction of sp³-hybridized carbons (Fsp3) is 0.588. The Labute approximate surface area is 134 Å². The first-order valence-corrected chi connectivity index (χ1v) is 7.35. The first-order chi connectivity index (χ1) is 9.25. The number of nitrogens with two attached hydrogens (primary N) is 1. The third kappa shape index (κ3) is 3.98. The van der Waals surface area contributed by atoms with Gasteiger partial charge in [-0.25, -0.2) is 0 Å². The molecule has 1 unspecified atom stereocenters. The summed E-state index contributed by atoms with van der Waals surface area (Å²) in [4.78, 5) is 14.4. The molecule has 2 rings (SSSR count). The Balaban J connectivity index is 0.00000220. The minimum atomic E-state index is 0. The first-order valence-electron chi connectivity index (χ1n) is 7.35. The SMILES string of the molecule is CC1(CN)CCN(C(=O)c2ccc(C(C)(C)C)cc2)C1.Cl. The van der Waals surface area contributed by atoms with Gasteiger partial charge in [0.25, 0.3) is 5.91 Å². The lowest BCUT2D eigenvalue weighted by Gasteiger charge is -2.23. The monoisotopic (exact) mass is 310 g/mol. The van der Waals surface area contributed by atoms with Gasteiger partial charge in [-0.15, -0.1) is 12.4 Å². The van der Waals surface area contributed by atoms with Crippen LogP contribution in [0, 0.1) is 5.41 Å². The van der Waals surface area contributed by atoms with Crippen LogP contribution in [0.1, 0.15) is 50.0 Å². The first kappa shape index (κ1) is 18.0. The molecule has 1 aliphatic heterocycles. The summed E-state index contributed by atoms with van der Waals surface area (Å²) in [5.41, 5.74) is 8.03. The van der Waals surface area contributed by atoms with Crippen molar-refractivity contribution in [1.82, 2.24) is 4.90 Å². The second-order valence-corrected chi connectivity index (χ2v) is 7.32. The Morgan fingerprint density at radius 3 is 2.29 bits per heavy atom. The van der Waals surface area contributed by atoms with Crippen molar-refractivity contribution in [2.24, 2.45) is 11.1 Å². The molecule has 1 saturated heterocycles. The maximum atomic E-state index is 12.5. The minimum Gasteiger partial charge on any atom is -0.338 e. The summed E-state index contributed by atoms with van der Waals surface area (Å²) in [6, 6.07) is 8.01. The molecule has 4 heteroatoms. The molecule has 0 saturated carbocycles. The number of hydrogen-bond acceptors (Lipinski definition) is 2. The third-order valence-electron chi connectivity index (χ3n) is 4.34. The van der Waals surface area contributed by atoms with Gasteiger partial charge in [-0.05, 0) is 41.5 Å². The number of carbonyl (C=O) groups is 1. The van der Waals surface area contributed by atoms with Gasteiger partial charge in [0.15, 0.2) is 0 Å². The molecule has 0 bridgehead atoms. The molecule has 118 valence electrons. The standard InChI is InChI=1S/C17H26N2O.ClH/c1-16(2,3)14-7-5-13(6-8-14)15(20)19-10-9-17(4,11-18)12-19;/h5-8H,9-12,18H2,1-4H3;1H. The highest BCUT2D eigenvalue weighted by Crippen LogP contribution is 2.30. The van der Waals surface area contributed by atoms with E-state index < -0.39 is 0 Å². The molecule has 21 heavy (non-hydrogen) atoms. The highest BCUT2D eigenvalue weighted by atomic mass is 35.5. The highest BCUT2D eigenvalue weighted by Gasteiger charge is 2.35. The van der Waals surface area contributed by atoms with Crippen molar-refractivity contribution >= 4 is 18.3 Å². The van der Waals surface area contributed by atoms with Crippen molar-refractivity contribution in [3.63, 3.8) is 0 Å². The Morgan fingerprint density at radius 1 is 1.29 bits per heavy atom. The van der Waals surface area contributed by atoms with E-state index in [0.717, 1.165) is 25.1 Å². The number of benzene rings is 1. The van der Waals surface area contributed by atoms with Crippen LogP contribution in [0.4, 0.5) is 0 Å². The lowest BCUT2D eigenvalue weighted by molar-refractivity contribution is 0.0777. The van der Waals surface area contributed by atoms with E-state index in [2.05, 4.69) is 39.8 Å². The van der Waals surface area contributed by atoms with Gasteiger partial charge in [0, 0.05) is 18.7 Å². The number of carbonyl (C=O) groups excluding carboxylic acids is 1. The van der Waals surface area contributed by atoms with Crippen LogP contribution >= 0.6 is 12.4 Å². The molecular weight excluding hydrogens is 284 g/mol. The van der Waals surface area contributed by atoms with Gasteiger partial charge in [-0.3, -0.25) is 4.79 Å². The zero-order valence-corrected chi connectivity index (χ0v) is 14.3. The summed E-state index contributed by atoms with van der Waals surface area (Å²) in [6.07, 6.45) is 0.995. The lowest BCUT2D eigenvalue weighted by Crippen LogP contribution is -2.34. The van der Waals surface area contributed by atoms with Crippen molar-refractivity contribution in [3.8, 4) is 0 Å². The van der Waals surface area contributed by atoms with E-state index in [1.807, 2.05) is 17.0 Å². The van der Waals surface area contributed by atoms with Gasteiger partial charge in [-0.2, -0.15) is 0 Å². The number of rotatable bonds is 2. The molecule has 0 spiro atoms. The van der Waals surface area contributed by atoms with Crippen molar-refractivity contribution in [2.75, 3.05) is 19.6 Å². The van der Waals surface area contributed by atoms with Crippen molar-refractivity contribution in [1.29, 1.82) is 0 Å². The predicted molar refractivity (Wildman–Crippen MR) is 90.1 cm³/mol. The highest BCUT2D eigenvalue weighted by molar-refractivity contribution is 5.94. The van der Waals surface area contributed by atoms with Gasteiger partial charge in [0.2, 0.25) is 0 Å². The van der Waals surface area contributed by atoms with E-state index >= 15 is 0 Å². The molecule has 0 aliphatic carbocycles. The normalized spacial score (nSPS) is 22.0. The maximum absolute atomic E-state index is 12.5. The van der Waals surface area contributed by atoms with E-state index in [-0.39, 0.29) is 29.1 Å². The van der Waals surface area contributed by atoms with Crippen LogP contribution < -0.4 is 5.73 Å². The second kappa shape index (κ2) is 6.37. The van der Waals surface area contributed by atoms with Gasteiger partial charge < -0.3 is 10.6 Å². The van der Waals surface area contributed by atoms with E-state index in [0.29, 0.717) is 6.54 Å². The third-order valence-corrected chi connectivity index (χ3v) is 4.34. The summed E-state index contributed by atoms with van der Waals surface area (Å²) in [6.45, 7) is 10.9. The van der Waals surface area contributed by atoms with E-state index in [4.69, 9.17) is 5.73 Å². The molecular formula is C17H27ClN2O. The average Bonchev–Trinajstić information content (AvgIpc) is 2.80. The quantitative estimate of drug-likeness (QED) is 0.911. The van der Waals surface area contributed by atoms with Crippen molar-refractivity contribution < 1.29 is 4.79 Å². The second-order valence-electron chi connectivity index (χ2n) is 7.32. The van der Waals surface area contributed by atoms with Crippen LogP contribution in [-0.2, 0) is 5.41 Å². The Hall–Kier alpha value is -1.06. The Kier molecular flexibility index (Phi) is 5.46. The van der Waals surface area contributed by atoms with Gasteiger partial charge in [0.05, 0.1) is 0 Å². The van der Waals surface area contributed by atoms with Crippen LogP contribution in [0.15, 0.2) is 24.3 Å². The van der Waals surface area contributed by atoms with E-state index in [9.17, 15) is 4.79 Å². The molecule has 3 nitrogen and oxygen atoms in total. The van der Waals surface area contributed by atoms with Crippen LogP contribution in [0.25, 0.3) is 0 Å². The number of nitrogens with zero attached hydrogens (tertiary/aromatic N) is 1. The summed E-state index contributed by atoms with van der Waals surface area (Å²) >= 11 is 0. The zero-order valence-electron chi connectivity index (χ0n) is 13.5. The van der Waals surface area contributed by atoms with E-state index in [1.165, 1.54) is 5.56 Å². The molecule has 1 aromatic rings. The summed E-state index contributed by atoms with van der Waals surface area (Å²) in [7, 11) is 0. The summed E-state index contributed by atoms with van der Waals surface area (Å²) in [5, 5.41) is 0. The molecule has 2 N–H and O–H groups in total. The Bertz CT molecular complexity index is 493. The number of hydrogen-bond donors (Lipinski definition) is 1. The van der Waals surface area contributed by atoms with Crippen LogP contribution in [0.2, 0.25) is 0 Å². The minimum absolute atomic E-state index is 0. The molecule has 0 aromatic heterocycles. The van der Waals surface area contributed by atoms with Gasteiger partial charge in [0.1, 0.15) is 0 Å². The molecule has 1 fully saturated rings. The van der Waals surface area contributed by atoms with Gasteiger partial charge in [-0.1, -0.05) is 39.8 Å². The fourth-order valence-corrected chi connectivity index (χ4v) is 2.66. The fourth-order valence-electron chi connectivity index (χ4n) is 2.66. The number of halogens is 1. The lowest BCUT2D eigenvalue weighted by atomic mass is 9.86. The van der Waals surface area contributed by atoms with Gasteiger partial charge >= 0.3 is 0 Å². The molecule has 1 aromatic carbocycles. The van der Waals surface area contributed by atoms with Crippen LogP contribution in [0.5, 0.6) is 0 Å². The van der Waals surface area contributed by atoms with Crippen molar-refractivity contribution in [3.05, 3.63) is 35.4 Å². The number of likely N-dealkylation sites (tertiary alicyclic amines) is 1. The molecule has 1 atom stereocenters. The molecule has 1 heterocycles. The molecule has 1 aliphatic rings. The smallest absolute Gasteiger partial charge is 0.253 e. The molecule has 0 radical (unpaired) electrons. The van der Waals surface area contributed by atoms with E-state index in [1.54, 1.807) is 0 Å². The average molecular weight is 311 g/mol. The summed E-state index contributed by atoms with van der Waals surface area (Å²) < 4.78 is 0. The zero-order chi connectivity index (χ0) is 15.0. The number of amides is 1. The van der Waals surface area contributed by atoms with Crippen LogP contribution in [-0.4, -0.2) is 30.4 Å². The van der Waals surface area contributed by atoms with Crippen molar-refractivity contribution in [2.45, 2.75) is 39.5 Å². The molecule has 1 amide bonds. The maximum Gasteiger partial charge on any atom is 0.253 e. The summed E-state index contributed by atoms with van der Waals surface area (Å²) in [5.74, 6) is 0.127. The largest absolute Gasteiger partial charge is 0.338 e. The topological polar surface area (TPSA) is 46.3 Å². The Morgan fingerprint density at radius 2 is 1.86 bits per heavy atom. The van der Waals surface area contributed by atoms with Crippen LogP contribution in [0.3, 0.4) is 0 Å². The predicted octanol–water partition coefficient (Wildman–Crippen LogP) is 3.22.